The number of aromatic nitrogens is 2. The van der Waals surface area contributed by atoms with E-state index in [1.165, 1.54) is 0 Å². The van der Waals surface area contributed by atoms with Crippen LogP contribution in [0.15, 0.2) is 77.5 Å². The molecule has 1 amide bonds. The number of anilines is 1. The van der Waals surface area contributed by atoms with Crippen LogP contribution in [0.3, 0.4) is 0 Å². The molecule has 5 aromatic rings. The van der Waals surface area contributed by atoms with Crippen molar-refractivity contribution < 1.29 is 9.53 Å². The number of benzene rings is 2. The Bertz CT molecular complexity index is 1360. The summed E-state index contributed by atoms with van der Waals surface area (Å²) in [6, 6.07) is 20.9. The van der Waals surface area contributed by atoms with Crippen LogP contribution in [-0.4, -0.2) is 22.5 Å². The van der Waals surface area contributed by atoms with Gasteiger partial charge in [-0.1, -0.05) is 12.1 Å². The van der Waals surface area contributed by atoms with Gasteiger partial charge in [0.05, 0.1) is 27.4 Å². The maximum Gasteiger partial charge on any atom is 0.255 e. The lowest BCUT2D eigenvalue weighted by molar-refractivity contribution is 0.102. The van der Waals surface area contributed by atoms with Gasteiger partial charge in [-0.05, 0) is 72.3 Å². The van der Waals surface area contributed by atoms with Crippen molar-refractivity contribution in [2.75, 3.05) is 11.9 Å². The van der Waals surface area contributed by atoms with Crippen LogP contribution in [0.4, 0.5) is 5.69 Å². The molecule has 0 aliphatic carbocycles. The van der Waals surface area contributed by atoms with E-state index in [1.54, 1.807) is 34.8 Å². The van der Waals surface area contributed by atoms with Crippen LogP contribution >= 0.6 is 22.7 Å². The summed E-state index contributed by atoms with van der Waals surface area (Å²) in [4.78, 5) is 24.8. The van der Waals surface area contributed by atoms with Gasteiger partial charge in [0.15, 0.2) is 0 Å². The summed E-state index contributed by atoms with van der Waals surface area (Å²) < 4.78 is 5.45. The zero-order chi connectivity index (χ0) is 21.9. The second-order valence-corrected chi connectivity index (χ2v) is 8.89. The van der Waals surface area contributed by atoms with Crippen LogP contribution in [0.2, 0.25) is 0 Å². The van der Waals surface area contributed by atoms with Crippen molar-refractivity contribution in [3.63, 3.8) is 0 Å². The molecule has 5 rings (SSSR count). The number of hydrogen-bond donors (Lipinski definition) is 1. The molecular formula is C25H19N3O2S2. The van der Waals surface area contributed by atoms with E-state index in [9.17, 15) is 4.79 Å². The molecule has 3 aromatic heterocycles. The fourth-order valence-corrected chi connectivity index (χ4v) is 4.80. The molecule has 0 fully saturated rings. The lowest BCUT2D eigenvalue weighted by Gasteiger charge is -2.10. The van der Waals surface area contributed by atoms with Crippen LogP contribution in [-0.2, 0) is 0 Å². The number of carbonyl (C=O) groups is 1. The molecule has 32 heavy (non-hydrogen) atoms. The van der Waals surface area contributed by atoms with Crippen molar-refractivity contribution in [1.82, 2.24) is 9.97 Å². The van der Waals surface area contributed by atoms with Crippen LogP contribution in [0.5, 0.6) is 5.75 Å². The standard InChI is InChI=1S/C25H19N3O2S2/c1-2-30-18-10-8-17(9-11-18)26-25(29)16-7-12-19-20(15-16)28-24(22-6-4-14-32-22)23(27-19)21-5-3-13-31-21/h3-15H,2H2,1H3,(H,26,29). The molecule has 7 heteroatoms. The van der Waals surface area contributed by atoms with Gasteiger partial charge in [-0.25, -0.2) is 9.97 Å². The first-order chi connectivity index (χ1) is 15.7. The Morgan fingerprint density at radius 2 is 1.53 bits per heavy atom. The molecule has 0 saturated carbocycles. The Balaban J connectivity index is 1.49. The Morgan fingerprint density at radius 1 is 0.875 bits per heavy atom. The first kappa shape index (κ1) is 20.4. The molecule has 5 nitrogen and oxygen atoms in total. The highest BCUT2D eigenvalue weighted by atomic mass is 32.1. The van der Waals surface area contributed by atoms with Crippen molar-refractivity contribution >= 4 is 45.3 Å². The third-order valence-corrected chi connectivity index (χ3v) is 6.61. The van der Waals surface area contributed by atoms with E-state index in [1.807, 2.05) is 66.2 Å². The topological polar surface area (TPSA) is 64.1 Å². The predicted molar refractivity (Wildman–Crippen MR) is 132 cm³/mol. The average Bonchev–Trinajstić information content (AvgIpc) is 3.54. The molecular weight excluding hydrogens is 438 g/mol. The molecule has 0 saturated heterocycles. The first-order valence-corrected chi connectivity index (χ1v) is 11.9. The van der Waals surface area contributed by atoms with Gasteiger partial charge in [-0.15, -0.1) is 22.7 Å². The zero-order valence-electron chi connectivity index (χ0n) is 17.2. The van der Waals surface area contributed by atoms with Gasteiger partial charge in [-0.2, -0.15) is 0 Å². The van der Waals surface area contributed by atoms with Gasteiger partial charge < -0.3 is 10.1 Å². The molecule has 3 heterocycles. The van der Waals surface area contributed by atoms with E-state index in [2.05, 4.69) is 11.4 Å². The molecule has 0 aliphatic rings. The SMILES string of the molecule is CCOc1ccc(NC(=O)c2ccc3nc(-c4cccs4)c(-c4cccs4)nc3c2)cc1. The molecule has 158 valence electrons. The van der Waals surface area contributed by atoms with Crippen LogP contribution in [0.25, 0.3) is 32.2 Å². The minimum Gasteiger partial charge on any atom is -0.494 e. The third kappa shape index (κ3) is 4.12. The monoisotopic (exact) mass is 457 g/mol. The van der Waals surface area contributed by atoms with Crippen LogP contribution < -0.4 is 10.1 Å². The van der Waals surface area contributed by atoms with Crippen molar-refractivity contribution in [1.29, 1.82) is 0 Å². The quantitative estimate of drug-likeness (QED) is 0.307. The van der Waals surface area contributed by atoms with Gasteiger partial charge in [0.2, 0.25) is 0 Å². The summed E-state index contributed by atoms with van der Waals surface area (Å²) in [5.41, 5.74) is 4.37. The summed E-state index contributed by atoms with van der Waals surface area (Å²) in [6.45, 7) is 2.54. The number of thiophene rings is 2. The van der Waals surface area contributed by atoms with E-state index < -0.39 is 0 Å². The predicted octanol–water partition coefficient (Wildman–Crippen LogP) is 6.74. The smallest absolute Gasteiger partial charge is 0.255 e. The number of nitrogens with one attached hydrogen (secondary N) is 1. The molecule has 0 bridgehead atoms. The van der Waals surface area contributed by atoms with E-state index in [0.717, 1.165) is 32.4 Å². The Hall–Kier alpha value is -3.55. The largest absolute Gasteiger partial charge is 0.494 e. The Morgan fingerprint density at radius 3 is 2.12 bits per heavy atom. The number of rotatable bonds is 6. The highest BCUT2D eigenvalue weighted by Gasteiger charge is 2.16. The van der Waals surface area contributed by atoms with E-state index in [-0.39, 0.29) is 5.91 Å². The Labute approximate surface area is 193 Å². The Kier molecular flexibility index (Phi) is 5.66. The number of fused-ring (bicyclic) bond motifs is 1. The molecule has 0 radical (unpaired) electrons. The fourth-order valence-electron chi connectivity index (χ4n) is 3.37. The van der Waals surface area contributed by atoms with Gasteiger partial charge in [0.1, 0.15) is 17.1 Å². The van der Waals surface area contributed by atoms with Crippen molar-refractivity contribution in [2.24, 2.45) is 0 Å². The summed E-state index contributed by atoms with van der Waals surface area (Å²) in [5.74, 6) is 0.576. The van der Waals surface area contributed by atoms with Gasteiger partial charge in [0.25, 0.3) is 5.91 Å². The normalized spacial score (nSPS) is 10.9. The third-order valence-electron chi connectivity index (χ3n) is 4.86. The van der Waals surface area contributed by atoms with Crippen LogP contribution in [0, 0.1) is 0 Å². The van der Waals surface area contributed by atoms with Crippen LogP contribution in [0.1, 0.15) is 17.3 Å². The second-order valence-electron chi connectivity index (χ2n) is 6.99. The average molecular weight is 458 g/mol. The number of hydrogen-bond acceptors (Lipinski definition) is 6. The van der Waals surface area contributed by atoms with E-state index in [4.69, 9.17) is 14.7 Å². The van der Waals surface area contributed by atoms with Gasteiger partial charge >= 0.3 is 0 Å². The minimum absolute atomic E-state index is 0.196. The highest BCUT2D eigenvalue weighted by Crippen LogP contribution is 2.35. The molecule has 0 unspecified atom stereocenters. The lowest BCUT2D eigenvalue weighted by Crippen LogP contribution is -2.12. The molecule has 0 aliphatic heterocycles. The molecule has 0 atom stereocenters. The molecule has 2 aromatic carbocycles. The molecule has 0 spiro atoms. The lowest BCUT2D eigenvalue weighted by atomic mass is 10.1. The number of amides is 1. The number of ether oxygens (including phenoxy) is 1. The maximum absolute atomic E-state index is 12.8. The summed E-state index contributed by atoms with van der Waals surface area (Å²) in [6.07, 6.45) is 0. The maximum atomic E-state index is 12.8. The molecule has 1 N–H and O–H groups in total. The van der Waals surface area contributed by atoms with Gasteiger partial charge in [0, 0.05) is 11.3 Å². The second kappa shape index (κ2) is 8.90. The van der Waals surface area contributed by atoms with E-state index in [0.29, 0.717) is 23.4 Å². The zero-order valence-corrected chi connectivity index (χ0v) is 18.9. The fraction of sp³-hybridized carbons (Fsp3) is 0.0800. The minimum atomic E-state index is -0.196. The van der Waals surface area contributed by atoms with Gasteiger partial charge in [-0.3, -0.25) is 4.79 Å². The highest BCUT2D eigenvalue weighted by molar-refractivity contribution is 7.14. The summed E-state index contributed by atoms with van der Waals surface area (Å²) >= 11 is 3.26. The van der Waals surface area contributed by atoms with E-state index >= 15 is 0 Å². The first-order valence-electron chi connectivity index (χ1n) is 10.1. The summed E-state index contributed by atoms with van der Waals surface area (Å²) in [7, 11) is 0. The number of carbonyl (C=O) groups excluding carboxylic acids is 1. The van der Waals surface area contributed by atoms with Crippen molar-refractivity contribution in [3.8, 4) is 26.9 Å². The van der Waals surface area contributed by atoms with Crippen molar-refractivity contribution in [3.05, 3.63) is 83.1 Å². The van der Waals surface area contributed by atoms with Crippen molar-refractivity contribution in [2.45, 2.75) is 6.92 Å². The summed E-state index contributed by atoms with van der Waals surface area (Å²) in [5, 5.41) is 6.99. The number of nitrogens with zero attached hydrogens (tertiary/aromatic N) is 2.